The van der Waals surface area contributed by atoms with Crippen LogP contribution in [0.4, 0.5) is 0 Å². The minimum Gasteiger partial charge on any atom is -0.354 e. The molecule has 0 radical (unpaired) electrons. The number of aryl methyl sites for hydroxylation is 1. The number of rotatable bonds is 3. The molecule has 0 bridgehead atoms. The number of aromatic nitrogens is 4. The van der Waals surface area contributed by atoms with Gasteiger partial charge in [-0.15, -0.1) is 0 Å². The zero-order chi connectivity index (χ0) is 13.4. The maximum atomic E-state index is 6.17. The van der Waals surface area contributed by atoms with Crippen LogP contribution in [0.5, 0.6) is 0 Å². The topological polar surface area (TPSA) is 52.8 Å². The Morgan fingerprint density at radius 3 is 2.79 bits per heavy atom. The molecule has 3 heterocycles. The lowest BCUT2D eigenvalue weighted by atomic mass is 9.96. The van der Waals surface area contributed by atoms with Gasteiger partial charge in [-0.05, 0) is 25.7 Å². The van der Waals surface area contributed by atoms with E-state index in [1.165, 1.54) is 0 Å². The van der Waals surface area contributed by atoms with Gasteiger partial charge in [-0.2, -0.15) is 0 Å². The molecular weight excluding hydrogens is 240 g/mol. The minimum atomic E-state index is 0.0641. The molecule has 3 rings (SSSR count). The average Bonchev–Trinajstić information content (AvgIpc) is 3.02. The van der Waals surface area contributed by atoms with Crippen LogP contribution in [0.25, 0.3) is 11.2 Å². The van der Waals surface area contributed by atoms with Gasteiger partial charge < -0.3 is 4.74 Å². The summed E-state index contributed by atoms with van der Waals surface area (Å²) < 4.78 is 8.23. The summed E-state index contributed by atoms with van der Waals surface area (Å²) in [4.78, 5) is 13.0. The van der Waals surface area contributed by atoms with Gasteiger partial charge in [-0.3, -0.25) is 4.57 Å². The van der Waals surface area contributed by atoms with Crippen molar-refractivity contribution in [2.45, 2.75) is 52.4 Å². The fraction of sp³-hybridized carbons (Fsp3) is 0.643. The van der Waals surface area contributed by atoms with Crippen molar-refractivity contribution in [3.8, 4) is 0 Å². The molecule has 0 spiro atoms. The normalized spacial score (nSPS) is 27.2. The fourth-order valence-electron chi connectivity index (χ4n) is 3.00. The standard InChI is InChI=1S/C14H20N4O/c1-4-10-6-12(19-11(10)5-2)18-8-17-13-9(3)15-7-16-14(13)18/h7-8,10-12H,4-6H2,1-3H3/t10?,11-,12-/m1/s1. The Bertz CT molecular complexity index is 568. The highest BCUT2D eigenvalue weighted by atomic mass is 16.5. The van der Waals surface area contributed by atoms with Crippen LogP contribution in [0.15, 0.2) is 12.7 Å². The molecule has 1 aliphatic rings. The van der Waals surface area contributed by atoms with Crippen molar-refractivity contribution in [2.24, 2.45) is 5.92 Å². The van der Waals surface area contributed by atoms with Crippen molar-refractivity contribution in [3.05, 3.63) is 18.3 Å². The average molecular weight is 260 g/mol. The van der Waals surface area contributed by atoms with E-state index >= 15 is 0 Å². The lowest BCUT2D eigenvalue weighted by Crippen LogP contribution is -2.14. The molecule has 0 N–H and O–H groups in total. The molecule has 2 aromatic heterocycles. The van der Waals surface area contributed by atoms with Gasteiger partial charge in [0.05, 0.1) is 18.1 Å². The van der Waals surface area contributed by atoms with Gasteiger partial charge in [0.1, 0.15) is 18.1 Å². The van der Waals surface area contributed by atoms with Crippen LogP contribution < -0.4 is 0 Å². The molecule has 2 aromatic rings. The molecular formula is C14H20N4O. The van der Waals surface area contributed by atoms with E-state index in [0.717, 1.165) is 36.1 Å². The summed E-state index contributed by atoms with van der Waals surface area (Å²) in [7, 11) is 0. The number of hydrogen-bond acceptors (Lipinski definition) is 4. The third-order valence-corrected chi connectivity index (χ3v) is 4.14. The molecule has 102 valence electrons. The van der Waals surface area contributed by atoms with Gasteiger partial charge >= 0.3 is 0 Å². The molecule has 0 saturated carbocycles. The summed E-state index contributed by atoms with van der Waals surface area (Å²) in [6.07, 6.45) is 7.13. The number of nitrogens with zero attached hydrogens (tertiary/aromatic N) is 4. The number of imidazole rings is 1. The van der Waals surface area contributed by atoms with Crippen molar-refractivity contribution >= 4 is 11.2 Å². The SMILES string of the molecule is CCC1C[C@H](n2cnc3c(C)ncnc32)O[C@@H]1CC. The number of fused-ring (bicyclic) bond motifs is 1. The van der Waals surface area contributed by atoms with E-state index in [9.17, 15) is 0 Å². The predicted molar refractivity (Wildman–Crippen MR) is 72.7 cm³/mol. The third kappa shape index (κ3) is 2.02. The van der Waals surface area contributed by atoms with E-state index in [1.807, 2.05) is 13.3 Å². The van der Waals surface area contributed by atoms with Crippen LogP contribution in [-0.2, 0) is 4.74 Å². The van der Waals surface area contributed by atoms with Gasteiger partial charge in [-0.25, -0.2) is 15.0 Å². The molecule has 1 fully saturated rings. The van der Waals surface area contributed by atoms with Crippen molar-refractivity contribution in [2.75, 3.05) is 0 Å². The van der Waals surface area contributed by atoms with Crippen molar-refractivity contribution in [3.63, 3.8) is 0 Å². The molecule has 5 nitrogen and oxygen atoms in total. The van der Waals surface area contributed by atoms with Crippen LogP contribution in [0, 0.1) is 12.8 Å². The Balaban J connectivity index is 1.95. The first kappa shape index (κ1) is 12.5. The summed E-state index contributed by atoms with van der Waals surface area (Å²) in [5.74, 6) is 0.635. The quantitative estimate of drug-likeness (QED) is 0.851. The molecule has 0 amide bonds. The number of hydrogen-bond donors (Lipinski definition) is 0. The van der Waals surface area contributed by atoms with E-state index in [4.69, 9.17) is 4.74 Å². The van der Waals surface area contributed by atoms with Crippen LogP contribution in [0.2, 0.25) is 0 Å². The van der Waals surface area contributed by atoms with Gasteiger partial charge in [0, 0.05) is 0 Å². The highest BCUT2D eigenvalue weighted by molar-refractivity contribution is 5.72. The first-order valence-electron chi connectivity index (χ1n) is 7.04. The summed E-state index contributed by atoms with van der Waals surface area (Å²) >= 11 is 0. The second kappa shape index (κ2) is 4.89. The predicted octanol–water partition coefficient (Wildman–Crippen LogP) is 2.86. The van der Waals surface area contributed by atoms with Crippen LogP contribution in [0.3, 0.4) is 0 Å². The Labute approximate surface area is 113 Å². The van der Waals surface area contributed by atoms with E-state index < -0.39 is 0 Å². The maximum absolute atomic E-state index is 6.17. The van der Waals surface area contributed by atoms with E-state index in [2.05, 4.69) is 33.4 Å². The Morgan fingerprint density at radius 1 is 1.26 bits per heavy atom. The van der Waals surface area contributed by atoms with Crippen molar-refractivity contribution < 1.29 is 4.74 Å². The van der Waals surface area contributed by atoms with Crippen LogP contribution in [-0.4, -0.2) is 25.6 Å². The minimum absolute atomic E-state index is 0.0641. The van der Waals surface area contributed by atoms with Gasteiger partial charge in [-0.1, -0.05) is 20.3 Å². The highest BCUT2D eigenvalue weighted by Crippen LogP contribution is 2.37. The highest BCUT2D eigenvalue weighted by Gasteiger charge is 2.34. The molecule has 0 aliphatic carbocycles. The molecule has 0 aromatic carbocycles. The first-order valence-corrected chi connectivity index (χ1v) is 7.04. The Morgan fingerprint density at radius 2 is 2.11 bits per heavy atom. The maximum Gasteiger partial charge on any atom is 0.165 e. The van der Waals surface area contributed by atoms with E-state index in [1.54, 1.807) is 6.33 Å². The van der Waals surface area contributed by atoms with Gasteiger partial charge in [0.25, 0.3) is 0 Å². The summed E-state index contributed by atoms with van der Waals surface area (Å²) in [6, 6.07) is 0. The molecule has 1 aliphatic heterocycles. The Hall–Kier alpha value is -1.49. The smallest absolute Gasteiger partial charge is 0.165 e. The second-order valence-corrected chi connectivity index (χ2v) is 5.22. The van der Waals surface area contributed by atoms with Crippen molar-refractivity contribution in [1.82, 2.24) is 19.5 Å². The first-order chi connectivity index (χ1) is 9.24. The monoisotopic (exact) mass is 260 g/mol. The van der Waals surface area contributed by atoms with Crippen LogP contribution in [0.1, 0.15) is 45.0 Å². The summed E-state index contributed by atoms with van der Waals surface area (Å²) in [5, 5.41) is 0. The molecule has 5 heteroatoms. The molecule has 3 atom stereocenters. The molecule has 1 unspecified atom stereocenters. The largest absolute Gasteiger partial charge is 0.354 e. The van der Waals surface area contributed by atoms with Crippen molar-refractivity contribution in [1.29, 1.82) is 0 Å². The van der Waals surface area contributed by atoms with Gasteiger partial charge in [0.15, 0.2) is 5.65 Å². The number of ether oxygens (including phenoxy) is 1. The van der Waals surface area contributed by atoms with E-state index in [-0.39, 0.29) is 6.23 Å². The zero-order valence-corrected chi connectivity index (χ0v) is 11.7. The lowest BCUT2D eigenvalue weighted by Gasteiger charge is -2.15. The zero-order valence-electron chi connectivity index (χ0n) is 11.7. The Kier molecular flexibility index (Phi) is 3.22. The lowest BCUT2D eigenvalue weighted by molar-refractivity contribution is -0.00446. The van der Waals surface area contributed by atoms with E-state index in [0.29, 0.717) is 12.0 Å². The summed E-state index contributed by atoms with van der Waals surface area (Å²) in [5.41, 5.74) is 2.67. The summed E-state index contributed by atoms with van der Waals surface area (Å²) in [6.45, 7) is 6.38. The van der Waals surface area contributed by atoms with Gasteiger partial charge in [0.2, 0.25) is 0 Å². The third-order valence-electron chi connectivity index (χ3n) is 4.14. The van der Waals surface area contributed by atoms with Crippen LogP contribution >= 0.6 is 0 Å². The molecule has 19 heavy (non-hydrogen) atoms. The molecule has 1 saturated heterocycles. The fourth-order valence-corrected chi connectivity index (χ4v) is 3.00. The second-order valence-electron chi connectivity index (χ2n) is 5.22.